The van der Waals surface area contributed by atoms with E-state index < -0.39 is 15.8 Å². The Kier molecular flexibility index (Phi) is 5.13. The summed E-state index contributed by atoms with van der Waals surface area (Å²) in [5.41, 5.74) is 4.22. The summed E-state index contributed by atoms with van der Waals surface area (Å²) in [4.78, 5) is 17.5. The normalized spacial score (nSPS) is 18.2. The van der Waals surface area contributed by atoms with E-state index in [9.17, 15) is 13.2 Å². The van der Waals surface area contributed by atoms with Gasteiger partial charge in [-0.25, -0.2) is 22.9 Å². The van der Waals surface area contributed by atoms with Gasteiger partial charge >= 0.3 is 5.97 Å². The van der Waals surface area contributed by atoms with E-state index in [0.29, 0.717) is 28.7 Å². The van der Waals surface area contributed by atoms with Crippen molar-refractivity contribution in [3.8, 4) is 11.3 Å². The summed E-state index contributed by atoms with van der Waals surface area (Å²) in [5, 5.41) is 5.39. The SMILES string of the molecule is COC(=O)c1cc(C(C)C)nc2c1c(-c1ccc(C)cc1)nn2[C@H]1CCS(=O)(=O)C1. The van der Waals surface area contributed by atoms with Crippen molar-refractivity contribution in [2.24, 2.45) is 0 Å². The predicted octanol–water partition coefficient (Wildman–Crippen LogP) is 3.68. The van der Waals surface area contributed by atoms with Crippen LogP contribution in [0.2, 0.25) is 0 Å². The van der Waals surface area contributed by atoms with Crippen molar-refractivity contribution >= 4 is 26.8 Å². The number of aryl methyl sites for hydroxylation is 1. The number of hydrogen-bond donors (Lipinski definition) is 0. The molecule has 2 aromatic heterocycles. The van der Waals surface area contributed by atoms with Crippen LogP contribution in [0.1, 0.15) is 53.8 Å². The second-order valence-electron chi connectivity index (χ2n) is 8.16. The Hall–Kier alpha value is -2.74. The maximum Gasteiger partial charge on any atom is 0.338 e. The van der Waals surface area contributed by atoms with Crippen LogP contribution < -0.4 is 0 Å². The monoisotopic (exact) mass is 427 g/mol. The first kappa shape index (κ1) is 20.5. The number of carbonyl (C=O) groups is 1. The van der Waals surface area contributed by atoms with Gasteiger partial charge in [0.05, 0.1) is 35.6 Å². The summed E-state index contributed by atoms with van der Waals surface area (Å²) >= 11 is 0. The molecule has 0 N–H and O–H groups in total. The predicted molar refractivity (Wildman–Crippen MR) is 115 cm³/mol. The number of pyridine rings is 1. The Morgan fingerprint density at radius 2 is 1.93 bits per heavy atom. The van der Waals surface area contributed by atoms with E-state index in [0.717, 1.165) is 16.8 Å². The molecule has 1 aliphatic rings. The van der Waals surface area contributed by atoms with Gasteiger partial charge in [0.25, 0.3) is 0 Å². The quantitative estimate of drug-likeness (QED) is 0.590. The van der Waals surface area contributed by atoms with E-state index in [4.69, 9.17) is 14.8 Å². The van der Waals surface area contributed by atoms with Crippen LogP contribution in [0.25, 0.3) is 22.3 Å². The van der Waals surface area contributed by atoms with E-state index in [-0.39, 0.29) is 23.5 Å². The van der Waals surface area contributed by atoms with Crippen LogP contribution >= 0.6 is 0 Å². The average Bonchev–Trinajstić information content (AvgIpc) is 3.27. The van der Waals surface area contributed by atoms with Gasteiger partial charge in [-0.05, 0) is 25.3 Å². The molecule has 1 atom stereocenters. The zero-order chi connectivity index (χ0) is 21.6. The Labute approximate surface area is 176 Å². The first-order chi connectivity index (χ1) is 14.2. The number of rotatable bonds is 4. The molecule has 30 heavy (non-hydrogen) atoms. The molecule has 7 nitrogen and oxygen atoms in total. The molecule has 0 bridgehead atoms. The number of carbonyl (C=O) groups excluding carboxylic acids is 1. The first-order valence-corrected chi connectivity index (χ1v) is 11.8. The lowest BCUT2D eigenvalue weighted by molar-refractivity contribution is 0.0602. The Balaban J connectivity index is 2.05. The lowest BCUT2D eigenvalue weighted by atomic mass is 10.0. The molecule has 1 aromatic carbocycles. The van der Waals surface area contributed by atoms with Crippen molar-refractivity contribution in [1.82, 2.24) is 14.8 Å². The van der Waals surface area contributed by atoms with Crippen LogP contribution in [-0.4, -0.2) is 47.8 Å². The average molecular weight is 428 g/mol. The molecule has 0 amide bonds. The molecule has 4 rings (SSSR count). The van der Waals surface area contributed by atoms with Gasteiger partial charge in [-0.1, -0.05) is 43.7 Å². The third-order valence-corrected chi connectivity index (χ3v) is 7.31. The molecule has 0 aliphatic carbocycles. The molecular weight excluding hydrogens is 402 g/mol. The zero-order valence-corrected chi connectivity index (χ0v) is 18.4. The third kappa shape index (κ3) is 3.60. The van der Waals surface area contributed by atoms with Gasteiger partial charge in [0.15, 0.2) is 15.5 Å². The van der Waals surface area contributed by atoms with Gasteiger partial charge in [0.2, 0.25) is 0 Å². The van der Waals surface area contributed by atoms with Crippen LogP contribution in [-0.2, 0) is 14.6 Å². The Bertz CT molecular complexity index is 1230. The van der Waals surface area contributed by atoms with Crippen LogP contribution in [0.4, 0.5) is 0 Å². The number of sulfone groups is 1. The molecule has 3 aromatic rings. The second kappa shape index (κ2) is 7.50. The van der Waals surface area contributed by atoms with Crippen molar-refractivity contribution in [3.05, 3.63) is 47.2 Å². The molecule has 1 fully saturated rings. The van der Waals surface area contributed by atoms with Gasteiger partial charge in [0, 0.05) is 11.3 Å². The van der Waals surface area contributed by atoms with Crippen molar-refractivity contribution < 1.29 is 17.9 Å². The summed E-state index contributed by atoms with van der Waals surface area (Å²) in [7, 11) is -1.76. The highest BCUT2D eigenvalue weighted by Crippen LogP contribution is 2.36. The van der Waals surface area contributed by atoms with E-state index in [1.165, 1.54) is 7.11 Å². The topological polar surface area (TPSA) is 91.2 Å². The molecule has 1 saturated heterocycles. The fourth-order valence-electron chi connectivity index (χ4n) is 3.86. The first-order valence-electron chi connectivity index (χ1n) is 9.99. The van der Waals surface area contributed by atoms with Gasteiger partial charge in [0.1, 0.15) is 5.69 Å². The fraction of sp³-hybridized carbons (Fsp3) is 0.409. The Morgan fingerprint density at radius 3 is 2.50 bits per heavy atom. The summed E-state index contributed by atoms with van der Waals surface area (Å²) in [6.07, 6.45) is 0.480. The molecule has 1 aliphatic heterocycles. The van der Waals surface area contributed by atoms with E-state index in [1.807, 2.05) is 45.0 Å². The minimum absolute atomic E-state index is 0.0261. The number of aromatic nitrogens is 3. The maximum atomic E-state index is 12.7. The summed E-state index contributed by atoms with van der Waals surface area (Å²) in [5.74, 6) is -0.224. The van der Waals surface area contributed by atoms with Crippen molar-refractivity contribution in [3.63, 3.8) is 0 Å². The number of nitrogens with zero attached hydrogens (tertiary/aromatic N) is 3. The molecule has 158 valence electrons. The molecular formula is C22H25N3O4S. The van der Waals surface area contributed by atoms with Gasteiger partial charge in [-0.15, -0.1) is 0 Å². The summed E-state index contributed by atoms with van der Waals surface area (Å²) in [6.45, 7) is 5.99. The smallest absolute Gasteiger partial charge is 0.338 e. The Morgan fingerprint density at radius 1 is 1.23 bits per heavy atom. The number of methoxy groups -OCH3 is 1. The zero-order valence-electron chi connectivity index (χ0n) is 17.5. The van der Waals surface area contributed by atoms with Crippen molar-refractivity contribution in [2.45, 2.75) is 39.2 Å². The van der Waals surface area contributed by atoms with Gasteiger partial charge in [-0.3, -0.25) is 0 Å². The van der Waals surface area contributed by atoms with Crippen LogP contribution in [0.3, 0.4) is 0 Å². The van der Waals surface area contributed by atoms with Crippen LogP contribution in [0, 0.1) is 6.92 Å². The highest BCUT2D eigenvalue weighted by Gasteiger charge is 2.33. The van der Waals surface area contributed by atoms with E-state index in [1.54, 1.807) is 10.7 Å². The lowest BCUT2D eigenvalue weighted by Gasteiger charge is -2.12. The number of esters is 1. The molecule has 8 heteroatoms. The summed E-state index contributed by atoms with van der Waals surface area (Å²) in [6, 6.07) is 9.31. The number of ether oxygens (including phenoxy) is 1. The van der Waals surface area contributed by atoms with Crippen LogP contribution in [0.15, 0.2) is 30.3 Å². The summed E-state index contributed by atoms with van der Waals surface area (Å²) < 4.78 is 31.0. The maximum absolute atomic E-state index is 12.7. The van der Waals surface area contributed by atoms with Gasteiger partial charge < -0.3 is 4.74 Å². The van der Waals surface area contributed by atoms with Crippen molar-refractivity contribution in [2.75, 3.05) is 18.6 Å². The number of hydrogen-bond acceptors (Lipinski definition) is 6. The highest BCUT2D eigenvalue weighted by atomic mass is 32.2. The number of benzene rings is 1. The van der Waals surface area contributed by atoms with Crippen molar-refractivity contribution in [1.29, 1.82) is 0 Å². The molecule has 0 spiro atoms. The second-order valence-corrected chi connectivity index (χ2v) is 10.4. The largest absolute Gasteiger partial charge is 0.465 e. The highest BCUT2D eigenvalue weighted by molar-refractivity contribution is 7.91. The van der Waals surface area contributed by atoms with Gasteiger partial charge in [-0.2, -0.15) is 5.10 Å². The van der Waals surface area contributed by atoms with Crippen LogP contribution in [0.5, 0.6) is 0 Å². The molecule has 3 heterocycles. The van der Waals surface area contributed by atoms with E-state index >= 15 is 0 Å². The third-order valence-electron chi connectivity index (χ3n) is 5.56. The molecule has 0 radical (unpaired) electrons. The lowest BCUT2D eigenvalue weighted by Crippen LogP contribution is -2.14. The standard InChI is InChI=1S/C22H25N3O4S/c1-13(2)18-11-17(22(26)29-4)19-20(15-7-5-14(3)6-8-15)24-25(21(19)23-18)16-9-10-30(27,28)12-16/h5-8,11,13,16H,9-10,12H2,1-4H3/t16-/m0/s1. The number of fused-ring (bicyclic) bond motifs is 1. The minimum atomic E-state index is -3.11. The molecule has 0 saturated carbocycles. The molecule has 0 unspecified atom stereocenters. The van der Waals surface area contributed by atoms with E-state index in [2.05, 4.69) is 0 Å². The minimum Gasteiger partial charge on any atom is -0.465 e. The fourth-order valence-corrected chi connectivity index (χ4v) is 5.55.